The first-order chi connectivity index (χ1) is 8.58. The number of halogens is 2. The van der Waals surface area contributed by atoms with Gasteiger partial charge in [0.15, 0.2) is 5.78 Å². The third-order valence-electron chi connectivity index (χ3n) is 3.11. The van der Waals surface area contributed by atoms with E-state index in [1.807, 2.05) is 0 Å². The van der Waals surface area contributed by atoms with E-state index < -0.39 is 11.6 Å². The second kappa shape index (κ2) is 5.54. The number of Topliss-reactive ketones (excluding diaryl/α,β-unsaturated/α-hetero) is 1. The van der Waals surface area contributed by atoms with Gasteiger partial charge >= 0.3 is 0 Å². The lowest BCUT2D eigenvalue weighted by Crippen LogP contribution is -2.31. The molecule has 0 aromatic heterocycles. The van der Waals surface area contributed by atoms with Gasteiger partial charge in [0.25, 0.3) is 0 Å². The van der Waals surface area contributed by atoms with Gasteiger partial charge < -0.3 is 10.1 Å². The summed E-state index contributed by atoms with van der Waals surface area (Å²) < 4.78 is 31.1. The van der Waals surface area contributed by atoms with Crippen LogP contribution < -0.4 is 5.32 Å². The molecule has 0 spiro atoms. The maximum atomic E-state index is 13.0. The van der Waals surface area contributed by atoms with Crippen LogP contribution in [0.25, 0.3) is 0 Å². The van der Waals surface area contributed by atoms with Gasteiger partial charge in [-0.1, -0.05) is 0 Å². The molecular weight excluding hydrogens is 240 g/mol. The minimum atomic E-state index is -0.660. The summed E-state index contributed by atoms with van der Waals surface area (Å²) in [6, 6.07) is 2.87. The molecule has 3 nitrogen and oxygen atoms in total. The average Bonchev–Trinajstić information content (AvgIpc) is 2.75. The van der Waals surface area contributed by atoms with Crippen molar-refractivity contribution in [3.05, 3.63) is 35.4 Å². The number of benzene rings is 1. The fraction of sp³-hybridized carbons (Fsp3) is 0.462. The second-order valence-electron chi connectivity index (χ2n) is 4.48. The summed E-state index contributed by atoms with van der Waals surface area (Å²) in [6.45, 7) is 0.629. The van der Waals surface area contributed by atoms with Gasteiger partial charge in [0.1, 0.15) is 11.6 Å². The van der Waals surface area contributed by atoms with Crippen molar-refractivity contribution in [1.82, 2.24) is 5.32 Å². The molecule has 2 unspecified atom stereocenters. The van der Waals surface area contributed by atoms with Gasteiger partial charge in [0.05, 0.1) is 12.1 Å². The third-order valence-corrected chi connectivity index (χ3v) is 3.11. The Morgan fingerprint density at radius 2 is 2.06 bits per heavy atom. The van der Waals surface area contributed by atoms with Crippen LogP contribution in [-0.2, 0) is 16.0 Å². The van der Waals surface area contributed by atoms with E-state index in [2.05, 4.69) is 5.32 Å². The molecule has 0 aliphatic carbocycles. The van der Waals surface area contributed by atoms with Crippen LogP contribution in [0.1, 0.15) is 12.0 Å². The molecule has 0 radical (unpaired) electrons. The van der Waals surface area contributed by atoms with Gasteiger partial charge in [0, 0.05) is 26.1 Å². The van der Waals surface area contributed by atoms with E-state index in [9.17, 15) is 13.6 Å². The minimum Gasteiger partial charge on any atom is -0.380 e. The largest absolute Gasteiger partial charge is 0.380 e. The highest BCUT2D eigenvalue weighted by Gasteiger charge is 2.29. The predicted molar refractivity (Wildman–Crippen MR) is 62.3 cm³/mol. The van der Waals surface area contributed by atoms with E-state index in [0.29, 0.717) is 18.5 Å². The zero-order valence-electron chi connectivity index (χ0n) is 10.1. The maximum Gasteiger partial charge on any atom is 0.154 e. The molecule has 0 bridgehead atoms. The summed E-state index contributed by atoms with van der Waals surface area (Å²) in [7, 11) is 1.60. The van der Waals surface area contributed by atoms with Crippen molar-refractivity contribution in [2.24, 2.45) is 0 Å². The number of nitrogens with one attached hydrogen (secondary N) is 1. The van der Waals surface area contributed by atoms with Crippen LogP contribution in [0.2, 0.25) is 0 Å². The highest BCUT2D eigenvalue weighted by Crippen LogP contribution is 2.14. The zero-order chi connectivity index (χ0) is 13.1. The second-order valence-corrected chi connectivity index (χ2v) is 4.48. The van der Waals surface area contributed by atoms with Crippen LogP contribution in [-0.4, -0.2) is 31.6 Å². The van der Waals surface area contributed by atoms with Crippen LogP contribution >= 0.6 is 0 Å². The number of ketones is 1. The number of carbonyl (C=O) groups is 1. The Morgan fingerprint density at radius 3 is 2.61 bits per heavy atom. The van der Waals surface area contributed by atoms with E-state index in [0.717, 1.165) is 6.07 Å². The summed E-state index contributed by atoms with van der Waals surface area (Å²) in [5, 5.41) is 3.04. The van der Waals surface area contributed by atoms with Crippen LogP contribution in [0.5, 0.6) is 0 Å². The summed E-state index contributed by atoms with van der Waals surface area (Å²) in [5.74, 6) is -1.39. The molecule has 1 heterocycles. The number of rotatable bonds is 4. The van der Waals surface area contributed by atoms with Gasteiger partial charge in [-0.3, -0.25) is 4.79 Å². The van der Waals surface area contributed by atoms with Crippen LogP contribution in [0.3, 0.4) is 0 Å². The summed E-state index contributed by atoms with van der Waals surface area (Å²) >= 11 is 0. The smallest absolute Gasteiger partial charge is 0.154 e. The average molecular weight is 255 g/mol. The van der Waals surface area contributed by atoms with Gasteiger partial charge in [-0.05, 0) is 24.1 Å². The molecule has 18 heavy (non-hydrogen) atoms. The lowest BCUT2D eigenvalue weighted by molar-refractivity contribution is -0.120. The van der Waals surface area contributed by atoms with Crippen molar-refractivity contribution < 1.29 is 18.3 Å². The Hall–Kier alpha value is -1.33. The first-order valence-electron chi connectivity index (χ1n) is 5.82. The Kier molecular flexibility index (Phi) is 4.04. The fourth-order valence-electron chi connectivity index (χ4n) is 2.17. The normalized spacial score (nSPS) is 23.3. The molecule has 0 saturated carbocycles. The minimum absolute atomic E-state index is 0.0305. The predicted octanol–water partition coefficient (Wildman–Crippen LogP) is 1.45. The Bertz CT molecular complexity index is 430. The van der Waals surface area contributed by atoms with Crippen molar-refractivity contribution >= 4 is 5.78 Å². The number of methoxy groups -OCH3 is 1. The van der Waals surface area contributed by atoms with E-state index in [-0.39, 0.29) is 24.3 Å². The molecule has 1 aromatic rings. The topological polar surface area (TPSA) is 38.3 Å². The van der Waals surface area contributed by atoms with E-state index in [1.54, 1.807) is 7.11 Å². The number of ether oxygens (including phenoxy) is 1. The molecule has 1 fully saturated rings. The molecule has 2 atom stereocenters. The van der Waals surface area contributed by atoms with Crippen molar-refractivity contribution in [2.45, 2.75) is 25.0 Å². The Morgan fingerprint density at radius 1 is 1.39 bits per heavy atom. The molecule has 0 amide bonds. The molecule has 1 aliphatic heterocycles. The van der Waals surface area contributed by atoms with E-state index in [1.165, 1.54) is 12.1 Å². The van der Waals surface area contributed by atoms with Gasteiger partial charge in [-0.2, -0.15) is 0 Å². The lowest BCUT2D eigenvalue weighted by atomic mass is 10.0. The van der Waals surface area contributed by atoms with Crippen LogP contribution in [0.15, 0.2) is 18.2 Å². The molecule has 98 valence electrons. The third kappa shape index (κ3) is 3.11. The molecular formula is C13H15F2NO2. The lowest BCUT2D eigenvalue weighted by Gasteiger charge is -2.09. The van der Waals surface area contributed by atoms with Gasteiger partial charge in [0.2, 0.25) is 0 Å². The summed E-state index contributed by atoms with van der Waals surface area (Å²) in [6.07, 6.45) is 0.666. The standard InChI is InChI=1S/C13H15F2NO2/c1-18-11-6-12(16-7-11)13(17)4-8-2-9(14)5-10(15)3-8/h2-3,5,11-12,16H,4,6-7H2,1H3. The van der Waals surface area contributed by atoms with E-state index >= 15 is 0 Å². The molecule has 5 heteroatoms. The first kappa shape index (κ1) is 13.1. The summed E-state index contributed by atoms with van der Waals surface area (Å²) in [5.41, 5.74) is 0.361. The van der Waals surface area contributed by atoms with E-state index in [4.69, 9.17) is 4.74 Å². The fourth-order valence-corrected chi connectivity index (χ4v) is 2.17. The van der Waals surface area contributed by atoms with Crippen LogP contribution in [0.4, 0.5) is 8.78 Å². The number of hydrogen-bond donors (Lipinski definition) is 1. The highest BCUT2D eigenvalue weighted by molar-refractivity contribution is 5.86. The number of carbonyl (C=O) groups excluding carboxylic acids is 1. The first-order valence-corrected chi connectivity index (χ1v) is 5.82. The quantitative estimate of drug-likeness (QED) is 0.885. The van der Waals surface area contributed by atoms with Crippen LogP contribution in [0, 0.1) is 11.6 Å². The molecule has 1 saturated heterocycles. The molecule has 1 aromatic carbocycles. The number of hydrogen-bond acceptors (Lipinski definition) is 3. The maximum absolute atomic E-state index is 13.0. The zero-order valence-corrected chi connectivity index (χ0v) is 10.1. The Balaban J connectivity index is 1.99. The van der Waals surface area contributed by atoms with Crippen molar-refractivity contribution in [3.63, 3.8) is 0 Å². The van der Waals surface area contributed by atoms with Gasteiger partial charge in [-0.25, -0.2) is 8.78 Å². The summed E-state index contributed by atoms with van der Waals surface area (Å²) in [4.78, 5) is 11.9. The molecule has 1 aliphatic rings. The Labute approximate surface area is 104 Å². The molecule has 2 rings (SSSR count). The van der Waals surface area contributed by atoms with Gasteiger partial charge in [-0.15, -0.1) is 0 Å². The molecule has 1 N–H and O–H groups in total. The van der Waals surface area contributed by atoms with Crippen molar-refractivity contribution in [2.75, 3.05) is 13.7 Å². The SMILES string of the molecule is COC1CNC(C(=O)Cc2cc(F)cc(F)c2)C1. The monoisotopic (exact) mass is 255 g/mol. The van der Waals surface area contributed by atoms with Crippen molar-refractivity contribution in [3.8, 4) is 0 Å². The highest BCUT2D eigenvalue weighted by atomic mass is 19.1. The van der Waals surface area contributed by atoms with Crippen molar-refractivity contribution in [1.29, 1.82) is 0 Å².